The van der Waals surface area contributed by atoms with Gasteiger partial charge >= 0.3 is 18.3 Å². The molecule has 13 heteroatoms. The Labute approximate surface area is 277 Å². The van der Waals surface area contributed by atoms with E-state index in [1.807, 2.05) is 24.1 Å². The van der Waals surface area contributed by atoms with Crippen LogP contribution in [0.15, 0.2) is 48.7 Å². The number of nitrogens with zero attached hydrogens (tertiary/aromatic N) is 5. The molecule has 1 aromatic heterocycles. The van der Waals surface area contributed by atoms with Gasteiger partial charge in [0.2, 0.25) is 0 Å². The second-order valence-corrected chi connectivity index (χ2v) is 14.0. The Balaban J connectivity index is 1.29. The van der Waals surface area contributed by atoms with Crippen LogP contribution in [0.4, 0.5) is 38.7 Å². The fourth-order valence-corrected chi connectivity index (χ4v) is 7.27. The van der Waals surface area contributed by atoms with Crippen molar-refractivity contribution in [3.8, 4) is 0 Å². The van der Waals surface area contributed by atoms with Crippen LogP contribution >= 0.6 is 0 Å². The van der Waals surface area contributed by atoms with Gasteiger partial charge in [0.1, 0.15) is 11.4 Å². The monoisotopic (exact) mass is 670 g/mol. The highest BCUT2D eigenvalue weighted by atomic mass is 19.4. The highest BCUT2D eigenvalue weighted by Crippen LogP contribution is 2.39. The maximum atomic E-state index is 14.8. The van der Waals surface area contributed by atoms with Crippen LogP contribution in [0.5, 0.6) is 0 Å². The van der Waals surface area contributed by atoms with Gasteiger partial charge < -0.3 is 19.9 Å². The minimum absolute atomic E-state index is 0.0316. The van der Waals surface area contributed by atoms with Crippen molar-refractivity contribution in [1.82, 2.24) is 20.0 Å². The van der Waals surface area contributed by atoms with Crippen molar-refractivity contribution in [3.05, 3.63) is 76.7 Å². The lowest BCUT2D eigenvalue weighted by Crippen LogP contribution is -2.54. The van der Waals surface area contributed by atoms with Crippen LogP contribution in [-0.4, -0.2) is 57.6 Å². The number of alkyl carbamates (subject to hydrolysis) is 1. The van der Waals surface area contributed by atoms with E-state index >= 15 is 0 Å². The Morgan fingerprint density at radius 3 is 2.44 bits per heavy atom. The van der Waals surface area contributed by atoms with Crippen LogP contribution in [0.2, 0.25) is 0 Å². The Kier molecular flexibility index (Phi) is 9.08. The fourth-order valence-electron chi connectivity index (χ4n) is 7.27. The van der Waals surface area contributed by atoms with Gasteiger partial charge in [0.05, 0.1) is 36.4 Å². The summed E-state index contributed by atoms with van der Waals surface area (Å²) in [4.78, 5) is 32.0. The van der Waals surface area contributed by atoms with Gasteiger partial charge in [0, 0.05) is 30.9 Å². The molecule has 1 saturated carbocycles. The molecule has 2 fully saturated rings. The quantitative estimate of drug-likeness (QED) is 0.274. The molecule has 6 rings (SSSR count). The molecule has 3 aromatic rings. The summed E-state index contributed by atoms with van der Waals surface area (Å²) in [5, 5.41) is 7.77. The van der Waals surface area contributed by atoms with Crippen molar-refractivity contribution in [1.29, 1.82) is 0 Å². The largest absolute Gasteiger partial charge is 0.444 e. The first kappa shape index (κ1) is 33.6. The number of alkyl halides is 3. The van der Waals surface area contributed by atoms with E-state index in [1.54, 1.807) is 36.4 Å². The van der Waals surface area contributed by atoms with Gasteiger partial charge in [-0.05, 0) is 83.1 Å². The van der Waals surface area contributed by atoms with E-state index in [-0.39, 0.29) is 42.6 Å². The lowest BCUT2D eigenvalue weighted by molar-refractivity contribution is -0.138. The molecule has 1 N–H and O–H groups in total. The van der Waals surface area contributed by atoms with Crippen molar-refractivity contribution in [2.24, 2.45) is 0 Å². The van der Waals surface area contributed by atoms with Crippen LogP contribution in [0.1, 0.15) is 81.2 Å². The normalized spacial score (nSPS) is 20.7. The first-order chi connectivity index (χ1) is 22.7. The molecule has 1 aliphatic carbocycles. The number of fused-ring (bicyclic) bond motifs is 1. The number of urea groups is 1. The maximum absolute atomic E-state index is 14.8. The molecule has 3 amide bonds. The number of benzene rings is 2. The van der Waals surface area contributed by atoms with Crippen LogP contribution in [0, 0.1) is 12.7 Å². The minimum atomic E-state index is -4.60. The summed E-state index contributed by atoms with van der Waals surface area (Å²) in [6, 6.07) is 9.15. The second-order valence-electron chi connectivity index (χ2n) is 14.0. The summed E-state index contributed by atoms with van der Waals surface area (Å²) in [5.74, 6) is 0.0241. The average molecular weight is 671 g/mol. The van der Waals surface area contributed by atoms with Crippen LogP contribution < -0.4 is 15.1 Å². The molecule has 258 valence electrons. The number of amides is 3. The predicted octanol–water partition coefficient (Wildman–Crippen LogP) is 7.58. The lowest BCUT2D eigenvalue weighted by atomic mass is 10.00. The lowest BCUT2D eigenvalue weighted by Gasteiger charge is -2.43. The van der Waals surface area contributed by atoms with Crippen molar-refractivity contribution in [2.45, 2.75) is 103 Å². The third-order valence-electron chi connectivity index (χ3n) is 9.44. The average Bonchev–Trinajstić information content (AvgIpc) is 3.64. The first-order valence-electron chi connectivity index (χ1n) is 16.5. The molecule has 9 nitrogen and oxygen atoms in total. The number of nitrogens with one attached hydrogen (secondary N) is 1. The second kappa shape index (κ2) is 13.0. The summed E-state index contributed by atoms with van der Waals surface area (Å²) in [6.45, 7) is 8.22. The van der Waals surface area contributed by atoms with E-state index in [1.165, 1.54) is 29.2 Å². The molecule has 1 saturated heterocycles. The predicted molar refractivity (Wildman–Crippen MR) is 173 cm³/mol. The summed E-state index contributed by atoms with van der Waals surface area (Å²) in [7, 11) is 0. The summed E-state index contributed by atoms with van der Waals surface area (Å²) in [6.07, 6.45) is 0.143. The van der Waals surface area contributed by atoms with Crippen LogP contribution in [0.25, 0.3) is 0 Å². The number of rotatable bonds is 6. The van der Waals surface area contributed by atoms with Crippen LogP contribution in [-0.2, 0) is 24.0 Å². The number of aryl methyl sites for hydroxylation is 1. The topological polar surface area (TPSA) is 82.9 Å². The number of anilines is 2. The Hall–Kier alpha value is -4.29. The standard InChI is InChI=1S/C35H42F4N6O3/c1-22-9-7-12-27(36)30(22)42-17-15-25(16-18-42)43-20-24-21-45(29-14-8-13-28(29)40-32(46)48-34(2,3)4)41-31(24)44(33(43)47)19-23-10-5-6-11-26(23)35(37,38)39/h5-7,9-12,21,25,28-29H,8,13-20H2,1-4H3,(H,40,46). The summed E-state index contributed by atoms with van der Waals surface area (Å²) >= 11 is 0. The fraction of sp³-hybridized carbons (Fsp3) is 0.514. The third kappa shape index (κ3) is 6.95. The zero-order valence-electron chi connectivity index (χ0n) is 27.7. The molecular formula is C35H42F4N6O3. The Morgan fingerprint density at radius 1 is 1.02 bits per heavy atom. The molecule has 2 unspecified atom stereocenters. The van der Waals surface area contributed by atoms with Gasteiger partial charge in [0.25, 0.3) is 0 Å². The van der Waals surface area contributed by atoms with E-state index in [0.29, 0.717) is 43.9 Å². The zero-order valence-corrected chi connectivity index (χ0v) is 27.7. The molecule has 2 aliphatic heterocycles. The van der Waals surface area contributed by atoms with E-state index in [9.17, 15) is 27.2 Å². The molecule has 3 aliphatic rings. The Morgan fingerprint density at radius 2 is 1.75 bits per heavy atom. The van der Waals surface area contributed by atoms with E-state index in [4.69, 9.17) is 9.84 Å². The molecule has 0 spiro atoms. The number of hydrogen-bond acceptors (Lipinski definition) is 5. The number of para-hydroxylation sites is 1. The molecule has 2 aromatic carbocycles. The van der Waals surface area contributed by atoms with Gasteiger partial charge in [-0.25, -0.2) is 14.0 Å². The van der Waals surface area contributed by atoms with Gasteiger partial charge in [-0.15, -0.1) is 0 Å². The maximum Gasteiger partial charge on any atom is 0.416 e. The molecule has 2 atom stereocenters. The van der Waals surface area contributed by atoms with Crippen molar-refractivity contribution in [3.63, 3.8) is 0 Å². The van der Waals surface area contributed by atoms with Crippen molar-refractivity contribution in [2.75, 3.05) is 22.9 Å². The number of hydrogen-bond donors (Lipinski definition) is 1. The van der Waals surface area contributed by atoms with Crippen LogP contribution in [0.3, 0.4) is 0 Å². The number of piperidine rings is 1. The molecule has 48 heavy (non-hydrogen) atoms. The number of aromatic nitrogens is 2. The zero-order chi connectivity index (χ0) is 34.4. The van der Waals surface area contributed by atoms with Gasteiger partial charge in [-0.3, -0.25) is 9.58 Å². The number of halogens is 4. The highest BCUT2D eigenvalue weighted by molar-refractivity contribution is 5.94. The van der Waals surface area contributed by atoms with Gasteiger partial charge in [0.15, 0.2) is 5.82 Å². The summed E-state index contributed by atoms with van der Waals surface area (Å²) in [5.41, 5.74) is 0.609. The highest BCUT2D eigenvalue weighted by Gasteiger charge is 2.41. The van der Waals surface area contributed by atoms with Gasteiger partial charge in [-0.2, -0.15) is 18.3 Å². The van der Waals surface area contributed by atoms with Crippen molar-refractivity contribution < 1.29 is 31.9 Å². The van der Waals surface area contributed by atoms with E-state index in [2.05, 4.69) is 5.32 Å². The number of ether oxygens (including phenoxy) is 1. The van der Waals surface area contributed by atoms with E-state index in [0.717, 1.165) is 30.0 Å². The third-order valence-corrected chi connectivity index (χ3v) is 9.44. The number of carbonyl (C=O) groups excluding carboxylic acids is 2. The number of carbonyl (C=O) groups is 2. The molecular weight excluding hydrogens is 628 g/mol. The van der Waals surface area contributed by atoms with E-state index < -0.39 is 29.5 Å². The summed E-state index contributed by atoms with van der Waals surface area (Å²) < 4.78 is 64.1. The van der Waals surface area contributed by atoms with Gasteiger partial charge in [-0.1, -0.05) is 30.3 Å². The SMILES string of the molecule is Cc1cccc(F)c1N1CCC(N2Cc3cn(C4CCCC4NC(=O)OC(C)(C)C)nc3N(Cc3ccccc3C(F)(F)F)C2=O)CC1. The minimum Gasteiger partial charge on any atom is -0.444 e. The smallest absolute Gasteiger partial charge is 0.416 e. The molecule has 0 radical (unpaired) electrons. The Bertz CT molecular complexity index is 1640. The molecule has 3 heterocycles. The first-order valence-corrected chi connectivity index (χ1v) is 16.5. The molecule has 0 bridgehead atoms. The van der Waals surface area contributed by atoms with Crippen molar-refractivity contribution >= 4 is 23.6 Å².